The predicted molar refractivity (Wildman–Crippen MR) is 45.4 cm³/mol. The van der Waals surface area contributed by atoms with Gasteiger partial charge in [0.25, 0.3) is 0 Å². The lowest BCUT2D eigenvalue weighted by Gasteiger charge is -2.03. The van der Waals surface area contributed by atoms with Crippen molar-refractivity contribution in [3.8, 4) is 0 Å². The summed E-state index contributed by atoms with van der Waals surface area (Å²) in [5.41, 5.74) is -0.0700. The second-order valence-corrected chi connectivity index (χ2v) is 2.08. The lowest BCUT2D eigenvalue weighted by atomic mass is 10.2. The predicted octanol–water partition coefficient (Wildman–Crippen LogP) is 1.42. The third-order valence-electron chi connectivity index (χ3n) is 1.29. The van der Waals surface area contributed by atoms with E-state index in [1.165, 1.54) is 0 Å². The first-order valence-electron chi connectivity index (χ1n) is 3.77. The Hall–Kier alpha value is -1.32. The minimum Gasteiger partial charge on any atom is -0.511 e. The van der Waals surface area contributed by atoms with Gasteiger partial charge in [0.2, 0.25) is 0 Å². The summed E-state index contributed by atoms with van der Waals surface area (Å²) >= 11 is 0. The van der Waals surface area contributed by atoms with Crippen LogP contribution in [0, 0.1) is 5.41 Å². The Kier molecular flexibility index (Phi) is 4.76. The zero-order valence-corrected chi connectivity index (χ0v) is 7.26. The van der Waals surface area contributed by atoms with E-state index in [1.807, 2.05) is 0 Å². The highest BCUT2D eigenvalue weighted by atomic mass is 16.5. The summed E-state index contributed by atoms with van der Waals surface area (Å²) in [6.07, 6.45) is 1.13. The normalized spacial score (nSPS) is 11.8. The van der Waals surface area contributed by atoms with Gasteiger partial charge in [0.1, 0.15) is 11.3 Å². The van der Waals surface area contributed by atoms with Crippen LogP contribution in [0.15, 0.2) is 11.3 Å². The third kappa shape index (κ3) is 2.74. The van der Waals surface area contributed by atoms with Crippen molar-refractivity contribution in [1.29, 1.82) is 5.41 Å². The summed E-state index contributed by atoms with van der Waals surface area (Å²) < 4.78 is 4.61. The van der Waals surface area contributed by atoms with Gasteiger partial charge in [0.05, 0.1) is 6.61 Å². The van der Waals surface area contributed by atoms with Gasteiger partial charge in [-0.25, -0.2) is 4.79 Å². The molecule has 0 aromatic heterocycles. The summed E-state index contributed by atoms with van der Waals surface area (Å²) in [5, 5.41) is 16.0. The molecule has 0 aromatic carbocycles. The third-order valence-corrected chi connectivity index (χ3v) is 1.29. The molecular formula is C8H13NO3. The van der Waals surface area contributed by atoms with Crippen molar-refractivity contribution in [1.82, 2.24) is 0 Å². The number of hydrogen-bond acceptors (Lipinski definition) is 4. The van der Waals surface area contributed by atoms with Gasteiger partial charge < -0.3 is 15.3 Å². The van der Waals surface area contributed by atoms with Crippen LogP contribution < -0.4 is 0 Å². The molecule has 0 rings (SSSR count). The molecule has 0 amide bonds. The van der Waals surface area contributed by atoms with Gasteiger partial charge in [-0.3, -0.25) is 0 Å². The molecule has 0 heterocycles. The minimum atomic E-state index is -0.646. The zero-order chi connectivity index (χ0) is 9.56. The monoisotopic (exact) mass is 171 g/mol. The van der Waals surface area contributed by atoms with E-state index in [1.54, 1.807) is 13.8 Å². The van der Waals surface area contributed by atoms with Gasteiger partial charge in [-0.15, -0.1) is 0 Å². The van der Waals surface area contributed by atoms with Crippen molar-refractivity contribution < 1.29 is 14.6 Å². The number of aliphatic hydroxyl groups is 1. The second-order valence-electron chi connectivity index (χ2n) is 2.08. The molecule has 0 aromatic rings. The first kappa shape index (κ1) is 10.7. The summed E-state index contributed by atoms with van der Waals surface area (Å²) in [6.45, 7) is 3.60. The van der Waals surface area contributed by atoms with E-state index in [-0.39, 0.29) is 17.9 Å². The Labute approximate surface area is 71.4 Å². The Morgan fingerprint density at radius 3 is 2.50 bits per heavy atom. The SMILES string of the molecule is CCOC(=O)/C(C=N)=C(\O)CC. The number of aliphatic hydroxyl groups excluding tert-OH is 1. The van der Waals surface area contributed by atoms with Gasteiger partial charge in [0.15, 0.2) is 0 Å². The van der Waals surface area contributed by atoms with Crippen LogP contribution >= 0.6 is 0 Å². The molecule has 0 atom stereocenters. The number of allylic oxidation sites excluding steroid dienone is 1. The minimum absolute atomic E-state index is 0.0700. The molecule has 0 bridgehead atoms. The molecule has 0 spiro atoms. The largest absolute Gasteiger partial charge is 0.511 e. The standard InChI is InChI=1S/C8H13NO3/c1-3-7(10)6(5-9)8(11)12-4-2/h5,9-10H,3-4H2,1-2H3/b7-6-,9-5?. The van der Waals surface area contributed by atoms with Crippen LogP contribution in [0.1, 0.15) is 20.3 Å². The summed E-state index contributed by atoms with van der Waals surface area (Å²) in [6, 6.07) is 0. The summed E-state index contributed by atoms with van der Waals surface area (Å²) in [4.78, 5) is 11.0. The van der Waals surface area contributed by atoms with Gasteiger partial charge in [0, 0.05) is 12.6 Å². The molecule has 2 N–H and O–H groups in total. The summed E-state index contributed by atoms with van der Waals surface area (Å²) in [5.74, 6) is -0.754. The maximum atomic E-state index is 11.0. The van der Waals surface area contributed by atoms with E-state index in [0.29, 0.717) is 6.42 Å². The van der Waals surface area contributed by atoms with Crippen LogP contribution in [0.3, 0.4) is 0 Å². The van der Waals surface area contributed by atoms with Gasteiger partial charge >= 0.3 is 5.97 Å². The van der Waals surface area contributed by atoms with Crippen LogP contribution in [0.25, 0.3) is 0 Å². The quantitative estimate of drug-likeness (QED) is 0.291. The van der Waals surface area contributed by atoms with Crippen LogP contribution in [-0.4, -0.2) is 23.9 Å². The molecule has 0 saturated heterocycles. The maximum Gasteiger partial charge on any atom is 0.343 e. The highest BCUT2D eigenvalue weighted by Crippen LogP contribution is 2.04. The molecule has 4 nitrogen and oxygen atoms in total. The van der Waals surface area contributed by atoms with Crippen LogP contribution in [0.5, 0.6) is 0 Å². The molecule has 0 aliphatic carbocycles. The maximum absolute atomic E-state index is 11.0. The van der Waals surface area contributed by atoms with Crippen molar-refractivity contribution in [2.45, 2.75) is 20.3 Å². The molecule has 0 radical (unpaired) electrons. The molecule has 4 heteroatoms. The molecular weight excluding hydrogens is 158 g/mol. The van der Waals surface area contributed by atoms with Crippen LogP contribution in [-0.2, 0) is 9.53 Å². The Balaban J connectivity index is 4.55. The van der Waals surface area contributed by atoms with Gasteiger partial charge in [-0.1, -0.05) is 6.92 Å². The molecule has 0 fully saturated rings. The highest BCUT2D eigenvalue weighted by Gasteiger charge is 2.12. The Morgan fingerprint density at radius 2 is 2.17 bits per heavy atom. The fourth-order valence-electron chi connectivity index (χ4n) is 0.659. The van der Waals surface area contributed by atoms with Crippen molar-refractivity contribution in [3.05, 3.63) is 11.3 Å². The highest BCUT2D eigenvalue weighted by molar-refractivity contribution is 6.08. The number of carbonyl (C=O) groups is 1. The van der Waals surface area contributed by atoms with Crippen molar-refractivity contribution >= 4 is 12.2 Å². The average molecular weight is 171 g/mol. The Bertz CT molecular complexity index is 208. The van der Waals surface area contributed by atoms with Crippen LogP contribution in [0.4, 0.5) is 0 Å². The molecule has 0 aliphatic rings. The Morgan fingerprint density at radius 1 is 1.58 bits per heavy atom. The topological polar surface area (TPSA) is 70.4 Å². The molecule has 68 valence electrons. The summed E-state index contributed by atoms with van der Waals surface area (Å²) in [7, 11) is 0. The van der Waals surface area contributed by atoms with Crippen molar-refractivity contribution in [2.75, 3.05) is 6.61 Å². The molecule has 0 aliphatic heterocycles. The number of hydrogen-bond donors (Lipinski definition) is 2. The van der Waals surface area contributed by atoms with E-state index in [4.69, 9.17) is 10.5 Å². The van der Waals surface area contributed by atoms with E-state index in [2.05, 4.69) is 4.74 Å². The number of carbonyl (C=O) groups excluding carboxylic acids is 1. The molecule has 0 saturated carbocycles. The molecule has 12 heavy (non-hydrogen) atoms. The number of nitrogens with one attached hydrogen (secondary N) is 1. The van der Waals surface area contributed by atoms with Gasteiger partial charge in [-0.05, 0) is 6.92 Å². The fraction of sp³-hybridized carbons (Fsp3) is 0.500. The van der Waals surface area contributed by atoms with Crippen molar-refractivity contribution in [3.63, 3.8) is 0 Å². The van der Waals surface area contributed by atoms with E-state index in [9.17, 15) is 4.79 Å². The van der Waals surface area contributed by atoms with Crippen LogP contribution in [0.2, 0.25) is 0 Å². The lowest BCUT2D eigenvalue weighted by molar-refractivity contribution is -0.138. The first-order valence-corrected chi connectivity index (χ1v) is 3.77. The van der Waals surface area contributed by atoms with Gasteiger partial charge in [-0.2, -0.15) is 0 Å². The number of ether oxygens (including phenoxy) is 1. The lowest BCUT2D eigenvalue weighted by Crippen LogP contribution is -2.10. The van der Waals surface area contributed by atoms with E-state index >= 15 is 0 Å². The zero-order valence-electron chi connectivity index (χ0n) is 7.26. The first-order chi connectivity index (χ1) is 5.67. The van der Waals surface area contributed by atoms with E-state index in [0.717, 1.165) is 6.21 Å². The fourth-order valence-corrected chi connectivity index (χ4v) is 0.659. The second kappa shape index (κ2) is 5.35. The van der Waals surface area contributed by atoms with E-state index < -0.39 is 5.97 Å². The van der Waals surface area contributed by atoms with Crippen molar-refractivity contribution in [2.24, 2.45) is 0 Å². The smallest absolute Gasteiger partial charge is 0.343 e. The number of esters is 1. The molecule has 0 unspecified atom stereocenters. The number of rotatable bonds is 4. The average Bonchev–Trinajstić information content (AvgIpc) is 2.06.